The number of nitrogens with one attached hydrogen (secondary N) is 1. The van der Waals surface area contributed by atoms with E-state index < -0.39 is 0 Å². The van der Waals surface area contributed by atoms with Gasteiger partial charge in [-0.3, -0.25) is 9.69 Å². The molecule has 0 spiro atoms. The van der Waals surface area contributed by atoms with Crippen LogP contribution in [0.1, 0.15) is 22.7 Å². The van der Waals surface area contributed by atoms with Crippen molar-refractivity contribution < 1.29 is 5.11 Å². The Hall–Kier alpha value is -2.64. The molecule has 1 aromatic carbocycles. The summed E-state index contributed by atoms with van der Waals surface area (Å²) in [4.78, 5) is 27.2. The quantitative estimate of drug-likeness (QED) is 0.715. The predicted octanol–water partition coefficient (Wildman–Crippen LogP) is 2.97. The summed E-state index contributed by atoms with van der Waals surface area (Å²) in [5.41, 5.74) is 2.08. The first-order valence-corrected chi connectivity index (χ1v) is 10.5. The van der Waals surface area contributed by atoms with Crippen LogP contribution in [0.4, 0.5) is 5.69 Å². The lowest BCUT2D eigenvalue weighted by molar-refractivity contribution is 0.244. The van der Waals surface area contributed by atoms with Crippen molar-refractivity contribution in [3.63, 3.8) is 0 Å². The highest BCUT2D eigenvalue weighted by Gasteiger charge is 2.20. The van der Waals surface area contributed by atoms with E-state index in [0.717, 1.165) is 66.3 Å². The minimum atomic E-state index is -0.0255. The van der Waals surface area contributed by atoms with Crippen LogP contribution >= 0.6 is 11.3 Å². The van der Waals surface area contributed by atoms with E-state index in [1.807, 2.05) is 12.1 Å². The molecule has 0 bridgehead atoms. The number of H-pyrrole nitrogens is 1. The van der Waals surface area contributed by atoms with Gasteiger partial charge in [0.2, 0.25) is 0 Å². The van der Waals surface area contributed by atoms with E-state index in [0.29, 0.717) is 12.3 Å². The van der Waals surface area contributed by atoms with Crippen LogP contribution in [0.25, 0.3) is 16.3 Å². The third kappa shape index (κ3) is 3.21. The summed E-state index contributed by atoms with van der Waals surface area (Å²) in [6, 6.07) is 7.39. The molecule has 0 saturated carbocycles. The van der Waals surface area contributed by atoms with Gasteiger partial charge in [0.1, 0.15) is 16.4 Å². The van der Waals surface area contributed by atoms with Gasteiger partial charge in [-0.25, -0.2) is 4.98 Å². The summed E-state index contributed by atoms with van der Waals surface area (Å²) in [7, 11) is 0. The van der Waals surface area contributed by atoms with Crippen LogP contribution in [-0.2, 0) is 13.0 Å². The topological polar surface area (TPSA) is 72.5 Å². The van der Waals surface area contributed by atoms with Crippen LogP contribution in [0.5, 0.6) is 5.75 Å². The first kappa shape index (κ1) is 17.5. The number of fused-ring (bicyclic) bond motifs is 3. The fourth-order valence-corrected chi connectivity index (χ4v) is 5.23. The van der Waals surface area contributed by atoms with Crippen molar-refractivity contribution in [1.29, 1.82) is 0 Å². The Kier molecular flexibility index (Phi) is 4.41. The normalized spacial score (nSPS) is 17.2. The summed E-state index contributed by atoms with van der Waals surface area (Å²) >= 11 is 1.66. The van der Waals surface area contributed by atoms with E-state index in [9.17, 15) is 9.90 Å². The maximum Gasteiger partial charge on any atom is 0.260 e. The summed E-state index contributed by atoms with van der Waals surface area (Å²) < 4.78 is 0. The van der Waals surface area contributed by atoms with Crippen LogP contribution in [-0.4, -0.2) is 46.2 Å². The van der Waals surface area contributed by atoms with Gasteiger partial charge in [0, 0.05) is 48.4 Å². The molecular weight excluding hydrogens is 372 g/mol. The van der Waals surface area contributed by atoms with Crippen molar-refractivity contribution in [3.8, 4) is 5.75 Å². The number of aromatic amines is 1. The lowest BCUT2D eigenvalue weighted by atomic mass is 10.0. The Morgan fingerprint density at radius 2 is 2.07 bits per heavy atom. The Bertz CT molecular complexity index is 1110. The smallest absolute Gasteiger partial charge is 0.260 e. The number of phenolic OH excluding ortho intramolecular Hbond substituents is 1. The fourth-order valence-electron chi connectivity index (χ4n) is 4.04. The molecule has 28 heavy (non-hydrogen) atoms. The zero-order valence-corrected chi connectivity index (χ0v) is 16.3. The maximum atomic E-state index is 12.7. The average Bonchev–Trinajstić information content (AvgIpc) is 3.07. The number of hydrogen-bond donors (Lipinski definition) is 2. The molecule has 1 aliphatic carbocycles. The first-order valence-electron chi connectivity index (χ1n) is 9.65. The Morgan fingerprint density at radius 3 is 2.89 bits per heavy atom. The number of nitrogens with zero attached hydrogens (tertiary/aromatic N) is 3. The van der Waals surface area contributed by atoms with E-state index in [4.69, 9.17) is 4.98 Å². The molecular formula is C21H22N4O2S. The molecule has 2 aliphatic rings. The predicted molar refractivity (Wildman–Crippen MR) is 113 cm³/mol. The lowest BCUT2D eigenvalue weighted by Crippen LogP contribution is -2.46. The third-order valence-electron chi connectivity index (χ3n) is 5.49. The molecule has 0 unspecified atom stereocenters. The van der Waals surface area contributed by atoms with Crippen molar-refractivity contribution in [2.75, 3.05) is 31.1 Å². The summed E-state index contributed by atoms with van der Waals surface area (Å²) in [6.45, 7) is 4.20. The molecule has 3 aromatic rings. The van der Waals surface area contributed by atoms with E-state index in [2.05, 4.69) is 26.9 Å². The molecule has 0 amide bonds. The largest absolute Gasteiger partial charge is 0.508 e. The van der Waals surface area contributed by atoms with Crippen LogP contribution in [0.15, 0.2) is 35.1 Å². The summed E-state index contributed by atoms with van der Waals surface area (Å²) in [5, 5.41) is 10.4. The number of phenols is 1. The number of piperazine rings is 1. The summed E-state index contributed by atoms with van der Waals surface area (Å²) in [5.74, 6) is 1.04. The molecule has 7 heteroatoms. The van der Waals surface area contributed by atoms with Crippen LogP contribution in [0.2, 0.25) is 0 Å². The van der Waals surface area contributed by atoms with Crippen LogP contribution in [0, 0.1) is 0 Å². The van der Waals surface area contributed by atoms with Gasteiger partial charge in [-0.05, 0) is 25.0 Å². The second kappa shape index (κ2) is 7.07. The number of thiophene rings is 1. The standard InChI is InChI=1S/C21H22N4O2S/c26-15-5-3-4-14(12-15)25-10-8-24(9-11-25)13-18-22-20(27)19-16-6-1-2-7-17(16)28-21(19)23-18/h1,3-6,12,26H,2,7-11,13H2,(H,22,23,27). The van der Waals surface area contributed by atoms with Gasteiger partial charge in [-0.1, -0.05) is 18.2 Å². The fraction of sp³-hybridized carbons (Fsp3) is 0.333. The zero-order valence-electron chi connectivity index (χ0n) is 15.5. The number of aryl methyl sites for hydroxylation is 1. The molecule has 2 N–H and O–H groups in total. The molecule has 1 aliphatic heterocycles. The van der Waals surface area contributed by atoms with E-state index in [-0.39, 0.29) is 5.56 Å². The Morgan fingerprint density at radius 1 is 1.21 bits per heavy atom. The highest BCUT2D eigenvalue weighted by atomic mass is 32.1. The number of aromatic nitrogens is 2. The van der Waals surface area contributed by atoms with Crippen molar-refractivity contribution in [3.05, 3.63) is 57.0 Å². The molecule has 6 nitrogen and oxygen atoms in total. The molecule has 0 atom stereocenters. The van der Waals surface area contributed by atoms with Crippen molar-refractivity contribution in [2.45, 2.75) is 19.4 Å². The lowest BCUT2D eigenvalue weighted by Gasteiger charge is -2.35. The van der Waals surface area contributed by atoms with Gasteiger partial charge >= 0.3 is 0 Å². The number of aromatic hydroxyl groups is 1. The Balaban J connectivity index is 1.31. The average molecular weight is 395 g/mol. The number of benzene rings is 1. The van der Waals surface area contributed by atoms with Gasteiger partial charge in [-0.2, -0.15) is 0 Å². The van der Waals surface area contributed by atoms with Crippen molar-refractivity contribution in [1.82, 2.24) is 14.9 Å². The van der Waals surface area contributed by atoms with E-state index >= 15 is 0 Å². The minimum Gasteiger partial charge on any atom is -0.508 e. The number of hydrogen-bond acceptors (Lipinski definition) is 6. The maximum absolute atomic E-state index is 12.7. The highest BCUT2D eigenvalue weighted by Crippen LogP contribution is 2.32. The van der Waals surface area contributed by atoms with E-state index in [1.54, 1.807) is 23.5 Å². The van der Waals surface area contributed by atoms with Gasteiger partial charge < -0.3 is 15.0 Å². The zero-order chi connectivity index (χ0) is 19.1. The second-order valence-corrected chi connectivity index (χ2v) is 8.44. The van der Waals surface area contributed by atoms with Crippen molar-refractivity contribution in [2.24, 2.45) is 0 Å². The van der Waals surface area contributed by atoms with Gasteiger partial charge in [0.25, 0.3) is 5.56 Å². The second-order valence-electron chi connectivity index (χ2n) is 7.36. The molecule has 2 aromatic heterocycles. The molecule has 3 heterocycles. The van der Waals surface area contributed by atoms with Crippen molar-refractivity contribution >= 4 is 33.3 Å². The molecule has 1 fully saturated rings. The van der Waals surface area contributed by atoms with Gasteiger partial charge in [-0.15, -0.1) is 11.3 Å². The molecule has 1 saturated heterocycles. The molecule has 144 valence electrons. The number of anilines is 1. The van der Waals surface area contributed by atoms with Crippen LogP contribution in [0.3, 0.4) is 0 Å². The summed E-state index contributed by atoms with van der Waals surface area (Å²) in [6.07, 6.45) is 6.23. The first-order chi connectivity index (χ1) is 13.7. The molecule has 0 radical (unpaired) electrons. The Labute approximate surface area is 166 Å². The van der Waals surface area contributed by atoms with Gasteiger partial charge in [0.05, 0.1) is 11.9 Å². The monoisotopic (exact) mass is 394 g/mol. The minimum absolute atomic E-state index is 0.0255. The SMILES string of the molecule is O=c1[nH]c(CN2CCN(c3cccc(O)c3)CC2)nc2sc3c(c12)C=CCC3. The van der Waals surface area contributed by atoms with Gasteiger partial charge in [0.15, 0.2) is 0 Å². The third-order valence-corrected chi connectivity index (χ3v) is 6.65. The number of allylic oxidation sites excluding steroid dienone is 1. The molecule has 5 rings (SSSR count). The van der Waals surface area contributed by atoms with E-state index in [1.165, 1.54) is 4.88 Å². The number of rotatable bonds is 3. The van der Waals surface area contributed by atoms with Crippen LogP contribution < -0.4 is 10.5 Å². The highest BCUT2D eigenvalue weighted by molar-refractivity contribution is 7.19.